The van der Waals surface area contributed by atoms with Crippen LogP contribution in [0, 0.1) is 0 Å². The van der Waals surface area contributed by atoms with Crippen molar-refractivity contribution >= 4 is 35.2 Å². The molecule has 1 aromatic rings. The zero-order valence-electron chi connectivity index (χ0n) is 13.6. The van der Waals surface area contributed by atoms with Gasteiger partial charge in [0.25, 0.3) is 0 Å². The van der Waals surface area contributed by atoms with Crippen molar-refractivity contribution in [2.75, 3.05) is 6.61 Å². The van der Waals surface area contributed by atoms with E-state index in [0.29, 0.717) is 33.5 Å². The first-order chi connectivity index (χ1) is 11.4. The van der Waals surface area contributed by atoms with Gasteiger partial charge in [-0.05, 0) is 31.0 Å². The van der Waals surface area contributed by atoms with Crippen LogP contribution in [0.4, 0.5) is 4.79 Å². The summed E-state index contributed by atoms with van der Waals surface area (Å²) < 4.78 is 5.35. The SMILES string of the molecule is CCCCCOC(=O)C1=C(C)NC(=O)N[C@H]1c1ccc(Cl)c(Cl)c1. The van der Waals surface area contributed by atoms with Crippen molar-refractivity contribution in [1.82, 2.24) is 10.6 Å². The fraction of sp³-hybridized carbons (Fsp3) is 0.412. The highest BCUT2D eigenvalue weighted by Gasteiger charge is 2.32. The molecule has 0 unspecified atom stereocenters. The molecule has 0 saturated carbocycles. The lowest BCUT2D eigenvalue weighted by Crippen LogP contribution is -2.45. The van der Waals surface area contributed by atoms with E-state index < -0.39 is 12.0 Å². The van der Waals surface area contributed by atoms with E-state index in [1.54, 1.807) is 25.1 Å². The van der Waals surface area contributed by atoms with E-state index >= 15 is 0 Å². The first-order valence-corrected chi connectivity index (χ1v) is 8.60. The number of urea groups is 1. The zero-order chi connectivity index (χ0) is 17.7. The summed E-state index contributed by atoms with van der Waals surface area (Å²) in [7, 11) is 0. The van der Waals surface area contributed by atoms with Crippen molar-refractivity contribution < 1.29 is 14.3 Å². The van der Waals surface area contributed by atoms with Crippen molar-refractivity contribution in [3.8, 4) is 0 Å². The number of amides is 2. The maximum Gasteiger partial charge on any atom is 0.338 e. The van der Waals surface area contributed by atoms with Crippen LogP contribution in [0.3, 0.4) is 0 Å². The second-order valence-corrected chi connectivity index (χ2v) is 6.40. The van der Waals surface area contributed by atoms with Gasteiger partial charge in [0.1, 0.15) is 0 Å². The summed E-state index contributed by atoms with van der Waals surface area (Å²) in [5, 5.41) is 6.10. The molecule has 0 saturated heterocycles. The second kappa shape index (κ2) is 8.40. The van der Waals surface area contributed by atoms with Crippen molar-refractivity contribution in [2.45, 2.75) is 39.2 Å². The molecular formula is C17H20Cl2N2O3. The van der Waals surface area contributed by atoms with Crippen LogP contribution in [-0.4, -0.2) is 18.6 Å². The standard InChI is InChI=1S/C17H20Cl2N2O3/c1-3-4-5-8-24-16(22)14-10(2)20-17(23)21-15(14)11-6-7-12(18)13(19)9-11/h6-7,9,15H,3-5,8H2,1-2H3,(H2,20,21,23)/t15-/m0/s1. The molecule has 2 N–H and O–H groups in total. The Morgan fingerprint density at radius 3 is 2.67 bits per heavy atom. The fourth-order valence-electron chi connectivity index (χ4n) is 2.50. The molecule has 5 nitrogen and oxygen atoms in total. The van der Waals surface area contributed by atoms with E-state index in [0.717, 1.165) is 19.3 Å². The van der Waals surface area contributed by atoms with Gasteiger partial charge in [-0.15, -0.1) is 0 Å². The van der Waals surface area contributed by atoms with Gasteiger partial charge < -0.3 is 15.4 Å². The number of benzene rings is 1. The Bertz CT molecular complexity index is 674. The zero-order valence-corrected chi connectivity index (χ0v) is 15.1. The minimum atomic E-state index is -0.632. The number of nitrogens with one attached hydrogen (secondary N) is 2. The van der Waals surface area contributed by atoms with Gasteiger partial charge in [-0.3, -0.25) is 0 Å². The molecule has 0 radical (unpaired) electrons. The number of ether oxygens (including phenoxy) is 1. The van der Waals surface area contributed by atoms with E-state index in [4.69, 9.17) is 27.9 Å². The van der Waals surface area contributed by atoms with Crippen LogP contribution < -0.4 is 10.6 Å². The number of carbonyl (C=O) groups excluding carboxylic acids is 2. The van der Waals surface area contributed by atoms with E-state index in [1.165, 1.54) is 0 Å². The summed E-state index contributed by atoms with van der Waals surface area (Å²) >= 11 is 12.0. The van der Waals surface area contributed by atoms with Crippen LogP contribution in [0.15, 0.2) is 29.5 Å². The monoisotopic (exact) mass is 370 g/mol. The molecule has 1 atom stereocenters. The van der Waals surface area contributed by atoms with Crippen molar-refractivity contribution in [3.05, 3.63) is 45.1 Å². The maximum absolute atomic E-state index is 12.5. The van der Waals surface area contributed by atoms with E-state index in [1.807, 2.05) is 0 Å². The van der Waals surface area contributed by atoms with Gasteiger partial charge in [0, 0.05) is 5.70 Å². The minimum Gasteiger partial charge on any atom is -0.462 e. The Balaban J connectivity index is 2.26. The van der Waals surface area contributed by atoms with Crippen molar-refractivity contribution in [1.29, 1.82) is 0 Å². The smallest absolute Gasteiger partial charge is 0.338 e. The van der Waals surface area contributed by atoms with Gasteiger partial charge in [0.05, 0.1) is 28.3 Å². The predicted molar refractivity (Wildman–Crippen MR) is 94.1 cm³/mol. The summed E-state index contributed by atoms with van der Waals surface area (Å²) in [6.07, 6.45) is 2.85. The lowest BCUT2D eigenvalue weighted by atomic mass is 9.95. The fourth-order valence-corrected chi connectivity index (χ4v) is 2.81. The van der Waals surface area contributed by atoms with Crippen molar-refractivity contribution in [2.24, 2.45) is 0 Å². The Morgan fingerprint density at radius 2 is 2.00 bits per heavy atom. The summed E-state index contributed by atoms with van der Waals surface area (Å²) in [4.78, 5) is 24.3. The molecule has 2 amide bonds. The number of esters is 1. The molecule has 0 bridgehead atoms. The van der Waals surface area contributed by atoms with Crippen LogP contribution in [0.1, 0.15) is 44.7 Å². The minimum absolute atomic E-state index is 0.353. The third kappa shape index (κ3) is 4.42. The molecule has 1 heterocycles. The summed E-state index contributed by atoms with van der Waals surface area (Å²) in [5.74, 6) is -0.452. The number of hydrogen-bond donors (Lipinski definition) is 2. The molecule has 1 aromatic carbocycles. The molecule has 1 aliphatic rings. The molecule has 0 aliphatic carbocycles. The summed E-state index contributed by atoms with van der Waals surface area (Å²) in [5.41, 5.74) is 1.50. The molecule has 7 heteroatoms. The quantitative estimate of drug-likeness (QED) is 0.577. The third-order valence-electron chi connectivity index (χ3n) is 3.75. The Kier molecular flexibility index (Phi) is 6.52. The maximum atomic E-state index is 12.5. The van der Waals surface area contributed by atoms with E-state index in [9.17, 15) is 9.59 Å². The van der Waals surface area contributed by atoms with Crippen LogP contribution in [-0.2, 0) is 9.53 Å². The number of hydrogen-bond acceptors (Lipinski definition) is 3. The number of carbonyl (C=O) groups is 2. The average molecular weight is 371 g/mol. The molecule has 0 fully saturated rings. The lowest BCUT2D eigenvalue weighted by Gasteiger charge is -2.28. The number of allylic oxidation sites excluding steroid dienone is 1. The first-order valence-electron chi connectivity index (χ1n) is 7.84. The van der Waals surface area contributed by atoms with Gasteiger partial charge >= 0.3 is 12.0 Å². The number of unbranched alkanes of at least 4 members (excludes halogenated alkanes) is 2. The highest BCUT2D eigenvalue weighted by Crippen LogP contribution is 2.31. The van der Waals surface area contributed by atoms with E-state index in [2.05, 4.69) is 17.6 Å². The third-order valence-corrected chi connectivity index (χ3v) is 4.49. The Morgan fingerprint density at radius 1 is 1.25 bits per heavy atom. The van der Waals surface area contributed by atoms with Crippen LogP contribution >= 0.6 is 23.2 Å². The molecule has 130 valence electrons. The van der Waals surface area contributed by atoms with Gasteiger partial charge in [0.2, 0.25) is 0 Å². The highest BCUT2D eigenvalue weighted by molar-refractivity contribution is 6.42. The summed E-state index contributed by atoms with van der Waals surface area (Å²) in [6, 6.07) is 3.98. The van der Waals surface area contributed by atoms with Crippen LogP contribution in [0.2, 0.25) is 10.0 Å². The molecule has 0 aromatic heterocycles. The predicted octanol–water partition coefficient (Wildman–Crippen LogP) is 4.35. The van der Waals surface area contributed by atoms with Gasteiger partial charge in [-0.25, -0.2) is 9.59 Å². The van der Waals surface area contributed by atoms with Gasteiger partial charge in [0.15, 0.2) is 0 Å². The van der Waals surface area contributed by atoms with E-state index in [-0.39, 0.29) is 6.03 Å². The first kappa shape index (κ1) is 18.6. The number of halogens is 2. The normalized spacial score (nSPS) is 17.3. The molecular weight excluding hydrogens is 351 g/mol. The largest absolute Gasteiger partial charge is 0.462 e. The molecule has 2 rings (SSSR count). The Labute approximate surface area is 151 Å². The van der Waals surface area contributed by atoms with Crippen LogP contribution in [0.5, 0.6) is 0 Å². The number of rotatable bonds is 6. The summed E-state index contributed by atoms with van der Waals surface area (Å²) in [6.45, 7) is 4.10. The van der Waals surface area contributed by atoms with Gasteiger partial charge in [-0.2, -0.15) is 0 Å². The topological polar surface area (TPSA) is 67.4 Å². The Hall–Kier alpha value is -1.72. The molecule has 0 spiro atoms. The lowest BCUT2D eigenvalue weighted by molar-refractivity contribution is -0.139. The second-order valence-electron chi connectivity index (χ2n) is 5.59. The van der Waals surface area contributed by atoms with Gasteiger partial charge in [-0.1, -0.05) is 49.0 Å². The highest BCUT2D eigenvalue weighted by atomic mass is 35.5. The molecule has 1 aliphatic heterocycles. The van der Waals surface area contributed by atoms with Crippen LogP contribution in [0.25, 0.3) is 0 Å². The van der Waals surface area contributed by atoms with Crippen molar-refractivity contribution in [3.63, 3.8) is 0 Å². The molecule has 24 heavy (non-hydrogen) atoms. The average Bonchev–Trinajstić information content (AvgIpc) is 2.53.